The van der Waals surface area contributed by atoms with Crippen molar-refractivity contribution in [1.29, 1.82) is 0 Å². The summed E-state index contributed by atoms with van der Waals surface area (Å²) in [4.78, 5) is 0. The molecule has 0 aliphatic rings. The lowest BCUT2D eigenvalue weighted by molar-refractivity contribution is 0.533. The first-order chi connectivity index (χ1) is 14.3. The Balaban J connectivity index is 1.80. The van der Waals surface area contributed by atoms with Gasteiger partial charge in [-0.15, -0.1) is 0 Å². The van der Waals surface area contributed by atoms with Gasteiger partial charge in [-0.3, -0.25) is 0 Å². The van der Waals surface area contributed by atoms with Gasteiger partial charge in [-0.1, -0.05) is 103 Å². The number of nitrogen functional groups attached to an aromatic ring is 1. The van der Waals surface area contributed by atoms with Crippen LogP contribution in [0.3, 0.4) is 0 Å². The highest BCUT2D eigenvalue weighted by Crippen LogP contribution is 2.43. The number of aryl methyl sites for hydroxylation is 1. The highest BCUT2D eigenvalue weighted by Gasteiger charge is 2.35. The summed E-state index contributed by atoms with van der Waals surface area (Å²) in [6.07, 6.45) is 3.19. The molecule has 0 saturated carbocycles. The summed E-state index contributed by atoms with van der Waals surface area (Å²) in [5.41, 5.74) is 11.9. The maximum Gasteiger partial charge on any atom is 0.0451 e. The minimum absolute atomic E-state index is 0.203. The molecule has 0 radical (unpaired) electrons. The number of nitrogens with two attached hydrogens (primary N) is 1. The Bertz CT molecular complexity index is 967. The third kappa shape index (κ3) is 4.09. The van der Waals surface area contributed by atoms with Crippen LogP contribution in [0.15, 0.2) is 115 Å². The molecule has 0 unspecified atom stereocenters. The van der Waals surface area contributed by atoms with Crippen molar-refractivity contribution in [2.75, 3.05) is 5.73 Å². The van der Waals surface area contributed by atoms with Crippen molar-refractivity contribution in [3.8, 4) is 0 Å². The Morgan fingerprint density at radius 2 is 0.966 bits per heavy atom. The van der Waals surface area contributed by atoms with E-state index in [9.17, 15) is 0 Å². The monoisotopic (exact) mass is 377 g/mol. The second kappa shape index (κ2) is 8.79. The van der Waals surface area contributed by atoms with Crippen LogP contribution in [0.1, 0.15) is 35.1 Å². The van der Waals surface area contributed by atoms with E-state index in [-0.39, 0.29) is 5.41 Å². The average molecular weight is 378 g/mol. The quantitative estimate of drug-likeness (QED) is 0.284. The van der Waals surface area contributed by atoms with Gasteiger partial charge in [0.05, 0.1) is 0 Å². The summed E-state index contributed by atoms with van der Waals surface area (Å²) in [5.74, 6) is 0. The second-order valence-corrected chi connectivity index (χ2v) is 7.60. The van der Waals surface area contributed by atoms with Crippen LogP contribution in [0.2, 0.25) is 0 Å². The van der Waals surface area contributed by atoms with Crippen LogP contribution in [0.5, 0.6) is 0 Å². The van der Waals surface area contributed by atoms with E-state index in [4.69, 9.17) is 5.73 Å². The van der Waals surface area contributed by atoms with Crippen LogP contribution >= 0.6 is 0 Å². The molecule has 4 aromatic rings. The third-order valence-corrected chi connectivity index (χ3v) is 5.80. The molecule has 0 saturated heterocycles. The van der Waals surface area contributed by atoms with Crippen LogP contribution in [-0.2, 0) is 11.8 Å². The Kier molecular flexibility index (Phi) is 5.76. The van der Waals surface area contributed by atoms with Crippen molar-refractivity contribution in [2.24, 2.45) is 0 Å². The van der Waals surface area contributed by atoms with Gasteiger partial charge in [-0.2, -0.15) is 0 Å². The number of benzene rings is 4. The molecular formula is C28H27N. The highest BCUT2D eigenvalue weighted by molar-refractivity contribution is 5.53. The lowest BCUT2D eigenvalue weighted by Gasteiger charge is -2.36. The van der Waals surface area contributed by atoms with E-state index < -0.39 is 0 Å². The van der Waals surface area contributed by atoms with Crippen LogP contribution in [0.25, 0.3) is 0 Å². The molecular weight excluding hydrogens is 350 g/mol. The first-order valence-corrected chi connectivity index (χ1v) is 10.3. The number of rotatable bonds is 7. The number of anilines is 1. The Morgan fingerprint density at radius 1 is 0.517 bits per heavy atom. The number of hydrogen-bond donors (Lipinski definition) is 1. The molecule has 0 bridgehead atoms. The topological polar surface area (TPSA) is 26.0 Å². The Morgan fingerprint density at radius 3 is 1.48 bits per heavy atom. The molecule has 2 N–H and O–H groups in total. The lowest BCUT2D eigenvalue weighted by atomic mass is 9.66. The predicted molar refractivity (Wildman–Crippen MR) is 123 cm³/mol. The van der Waals surface area contributed by atoms with E-state index in [0.29, 0.717) is 0 Å². The van der Waals surface area contributed by atoms with Crippen LogP contribution < -0.4 is 5.73 Å². The van der Waals surface area contributed by atoms with E-state index in [0.717, 1.165) is 24.9 Å². The predicted octanol–water partition coefficient (Wildman–Crippen LogP) is 6.63. The first-order valence-electron chi connectivity index (χ1n) is 10.3. The normalized spacial score (nSPS) is 11.3. The summed E-state index contributed by atoms with van der Waals surface area (Å²) >= 11 is 0. The molecule has 0 spiro atoms. The molecule has 4 aromatic carbocycles. The van der Waals surface area contributed by atoms with Crippen LogP contribution in [0.4, 0.5) is 5.69 Å². The minimum Gasteiger partial charge on any atom is -0.399 e. The van der Waals surface area contributed by atoms with Gasteiger partial charge in [0.2, 0.25) is 0 Å². The fourth-order valence-electron chi connectivity index (χ4n) is 4.35. The fourth-order valence-corrected chi connectivity index (χ4v) is 4.35. The maximum absolute atomic E-state index is 6.02. The second-order valence-electron chi connectivity index (χ2n) is 7.60. The van der Waals surface area contributed by atoms with Crippen molar-refractivity contribution in [3.05, 3.63) is 138 Å². The third-order valence-electron chi connectivity index (χ3n) is 5.80. The summed E-state index contributed by atoms with van der Waals surface area (Å²) in [7, 11) is 0. The molecule has 1 nitrogen and oxygen atoms in total. The van der Waals surface area contributed by atoms with Crippen molar-refractivity contribution < 1.29 is 0 Å². The summed E-state index contributed by atoms with van der Waals surface area (Å²) in [6, 6.07) is 41.0. The highest BCUT2D eigenvalue weighted by atomic mass is 14.5. The molecule has 144 valence electrons. The zero-order valence-corrected chi connectivity index (χ0v) is 16.7. The standard InChI is InChI=1S/C28H27N/c29-27-20-18-26(19-21-27)28(24-14-6-2-7-15-24,25-16-8-3-9-17-25)22-10-13-23-11-4-1-5-12-23/h1-9,11-12,14-21H,10,13,22,29H2. The van der Waals surface area contributed by atoms with Crippen molar-refractivity contribution in [3.63, 3.8) is 0 Å². The lowest BCUT2D eigenvalue weighted by Crippen LogP contribution is -2.29. The van der Waals surface area contributed by atoms with E-state index in [2.05, 4.69) is 103 Å². The summed E-state index contributed by atoms with van der Waals surface area (Å²) in [5, 5.41) is 0. The molecule has 29 heavy (non-hydrogen) atoms. The molecule has 4 rings (SSSR count). The summed E-state index contributed by atoms with van der Waals surface area (Å²) < 4.78 is 0. The number of hydrogen-bond acceptors (Lipinski definition) is 1. The van der Waals surface area contributed by atoms with Crippen molar-refractivity contribution in [1.82, 2.24) is 0 Å². The molecule has 1 heteroatoms. The van der Waals surface area contributed by atoms with Gasteiger partial charge in [0.1, 0.15) is 0 Å². The van der Waals surface area contributed by atoms with Crippen LogP contribution in [0, 0.1) is 0 Å². The summed E-state index contributed by atoms with van der Waals surface area (Å²) in [6.45, 7) is 0. The first kappa shape index (κ1) is 19.0. The molecule has 0 aromatic heterocycles. The largest absolute Gasteiger partial charge is 0.399 e. The maximum atomic E-state index is 6.02. The molecule has 0 atom stereocenters. The Hall–Kier alpha value is -3.32. The Labute approximate surface area is 173 Å². The molecule has 0 amide bonds. The van der Waals surface area contributed by atoms with Gasteiger partial charge >= 0.3 is 0 Å². The van der Waals surface area contributed by atoms with Gasteiger partial charge in [0, 0.05) is 11.1 Å². The fraction of sp³-hybridized carbons (Fsp3) is 0.143. The zero-order chi connectivity index (χ0) is 19.9. The molecule has 0 aliphatic carbocycles. The van der Waals surface area contributed by atoms with Crippen molar-refractivity contribution >= 4 is 5.69 Å². The van der Waals surface area contributed by atoms with E-state index in [1.165, 1.54) is 22.3 Å². The zero-order valence-electron chi connectivity index (χ0n) is 16.7. The minimum atomic E-state index is -0.203. The van der Waals surface area contributed by atoms with E-state index in [1.54, 1.807) is 0 Å². The van der Waals surface area contributed by atoms with Gasteiger partial charge in [-0.05, 0) is 53.6 Å². The van der Waals surface area contributed by atoms with Gasteiger partial charge in [0.25, 0.3) is 0 Å². The molecule has 0 heterocycles. The van der Waals surface area contributed by atoms with E-state index in [1.807, 2.05) is 12.1 Å². The average Bonchev–Trinajstić information content (AvgIpc) is 2.79. The van der Waals surface area contributed by atoms with Crippen molar-refractivity contribution in [2.45, 2.75) is 24.7 Å². The van der Waals surface area contributed by atoms with Crippen LogP contribution in [-0.4, -0.2) is 0 Å². The van der Waals surface area contributed by atoms with E-state index >= 15 is 0 Å². The van der Waals surface area contributed by atoms with Gasteiger partial charge in [-0.25, -0.2) is 0 Å². The molecule has 0 aliphatic heterocycles. The smallest absolute Gasteiger partial charge is 0.0451 e. The SMILES string of the molecule is Nc1ccc(C(CCCc2ccccc2)(c2ccccc2)c2ccccc2)cc1. The van der Waals surface area contributed by atoms with Gasteiger partial charge in [0.15, 0.2) is 0 Å². The van der Waals surface area contributed by atoms with Gasteiger partial charge < -0.3 is 5.73 Å². The molecule has 0 fully saturated rings.